The summed E-state index contributed by atoms with van der Waals surface area (Å²) in [5.41, 5.74) is 7.73. The second-order valence-electron chi connectivity index (χ2n) is 4.89. The van der Waals surface area contributed by atoms with Crippen molar-refractivity contribution in [2.24, 2.45) is 5.73 Å². The van der Waals surface area contributed by atoms with Crippen molar-refractivity contribution >= 4 is 17.6 Å². The number of carbonyl (C=O) groups is 1. The molecule has 0 saturated carbocycles. The monoisotopic (exact) mass is 319 g/mol. The molecular formula is C17H18ClNO3. The normalized spacial score (nSPS) is 11.8. The van der Waals surface area contributed by atoms with Gasteiger partial charge in [0.2, 0.25) is 0 Å². The molecule has 0 radical (unpaired) electrons. The van der Waals surface area contributed by atoms with Crippen LogP contribution in [-0.4, -0.2) is 19.1 Å². The molecule has 0 amide bonds. The molecule has 2 aromatic carbocycles. The number of methoxy groups -OCH3 is 1. The van der Waals surface area contributed by atoms with E-state index in [0.29, 0.717) is 18.1 Å². The highest BCUT2D eigenvalue weighted by molar-refractivity contribution is 6.30. The Morgan fingerprint density at radius 1 is 1.09 bits per heavy atom. The van der Waals surface area contributed by atoms with Crippen LogP contribution in [0, 0.1) is 0 Å². The number of nitrogens with two attached hydrogens (primary N) is 1. The van der Waals surface area contributed by atoms with E-state index in [2.05, 4.69) is 4.74 Å². The number of hydrogen-bond donors (Lipinski definition) is 1. The van der Waals surface area contributed by atoms with Crippen LogP contribution in [0.25, 0.3) is 0 Å². The van der Waals surface area contributed by atoms with E-state index in [1.165, 1.54) is 7.11 Å². The van der Waals surface area contributed by atoms with Crippen molar-refractivity contribution in [2.75, 3.05) is 7.11 Å². The van der Waals surface area contributed by atoms with Gasteiger partial charge in [-0.25, -0.2) is 0 Å². The molecular weight excluding hydrogens is 302 g/mol. The van der Waals surface area contributed by atoms with Crippen LogP contribution in [0.1, 0.15) is 11.1 Å². The molecule has 1 unspecified atom stereocenters. The summed E-state index contributed by atoms with van der Waals surface area (Å²) in [6.45, 7) is 0.470. The van der Waals surface area contributed by atoms with Gasteiger partial charge in [0.25, 0.3) is 0 Å². The maximum absolute atomic E-state index is 11.3. The van der Waals surface area contributed by atoms with Crippen LogP contribution in [0.4, 0.5) is 0 Å². The number of rotatable bonds is 6. The lowest BCUT2D eigenvalue weighted by Gasteiger charge is -2.10. The highest BCUT2D eigenvalue weighted by Gasteiger charge is 2.13. The van der Waals surface area contributed by atoms with Gasteiger partial charge in [0, 0.05) is 5.02 Å². The number of halogens is 1. The van der Waals surface area contributed by atoms with Gasteiger partial charge in [-0.15, -0.1) is 0 Å². The van der Waals surface area contributed by atoms with Gasteiger partial charge in [0.05, 0.1) is 7.11 Å². The molecule has 0 heterocycles. The predicted octanol–water partition coefficient (Wildman–Crippen LogP) is 2.96. The van der Waals surface area contributed by atoms with Crippen LogP contribution in [0.15, 0.2) is 48.5 Å². The van der Waals surface area contributed by atoms with E-state index in [1.807, 2.05) is 48.5 Å². The number of esters is 1. The standard InChI is InChI=1S/C17H18ClNO3/c1-21-17(20)16(19)10-12-4-8-15(9-5-12)22-11-13-2-6-14(18)7-3-13/h2-9,16H,10-11,19H2,1H3. The molecule has 1 atom stereocenters. The summed E-state index contributed by atoms with van der Waals surface area (Å²) in [6.07, 6.45) is 0.435. The third kappa shape index (κ3) is 4.76. The number of ether oxygens (including phenoxy) is 2. The first kappa shape index (κ1) is 16.3. The van der Waals surface area contributed by atoms with Gasteiger partial charge in [-0.1, -0.05) is 35.9 Å². The van der Waals surface area contributed by atoms with Crippen LogP contribution in [-0.2, 0) is 22.6 Å². The first-order valence-corrected chi connectivity index (χ1v) is 7.26. The van der Waals surface area contributed by atoms with Crippen molar-refractivity contribution in [1.82, 2.24) is 0 Å². The topological polar surface area (TPSA) is 61.5 Å². The Hall–Kier alpha value is -2.04. The van der Waals surface area contributed by atoms with Crippen LogP contribution in [0.2, 0.25) is 5.02 Å². The quantitative estimate of drug-likeness (QED) is 0.832. The van der Waals surface area contributed by atoms with Crippen molar-refractivity contribution in [3.8, 4) is 5.75 Å². The minimum Gasteiger partial charge on any atom is -0.489 e. The Labute approximate surface area is 134 Å². The molecule has 0 saturated heterocycles. The van der Waals surface area contributed by atoms with Gasteiger partial charge in [-0.05, 0) is 41.8 Å². The third-order valence-corrected chi connectivity index (χ3v) is 3.45. The van der Waals surface area contributed by atoms with Gasteiger partial charge >= 0.3 is 5.97 Å². The average Bonchev–Trinajstić information content (AvgIpc) is 2.55. The molecule has 2 rings (SSSR count). The maximum Gasteiger partial charge on any atom is 0.322 e. The lowest BCUT2D eigenvalue weighted by molar-refractivity contribution is -0.142. The zero-order valence-corrected chi connectivity index (χ0v) is 13.0. The molecule has 116 valence electrons. The van der Waals surface area contributed by atoms with Gasteiger partial charge in [-0.3, -0.25) is 4.79 Å². The smallest absolute Gasteiger partial charge is 0.322 e. The summed E-state index contributed by atoms with van der Waals surface area (Å²) >= 11 is 5.84. The zero-order chi connectivity index (χ0) is 15.9. The second kappa shape index (κ2) is 7.82. The number of carbonyl (C=O) groups excluding carboxylic acids is 1. The lowest BCUT2D eigenvalue weighted by Crippen LogP contribution is -2.33. The molecule has 0 aliphatic carbocycles. The predicted molar refractivity (Wildman–Crippen MR) is 85.9 cm³/mol. The first-order chi connectivity index (χ1) is 10.6. The zero-order valence-electron chi connectivity index (χ0n) is 12.3. The fourth-order valence-corrected chi connectivity index (χ4v) is 2.08. The van der Waals surface area contributed by atoms with E-state index in [0.717, 1.165) is 16.9 Å². The van der Waals surface area contributed by atoms with Gasteiger partial charge in [-0.2, -0.15) is 0 Å². The SMILES string of the molecule is COC(=O)C(N)Cc1ccc(OCc2ccc(Cl)cc2)cc1. The second-order valence-corrected chi connectivity index (χ2v) is 5.33. The average molecular weight is 320 g/mol. The van der Waals surface area contributed by atoms with Crippen LogP contribution < -0.4 is 10.5 Å². The molecule has 22 heavy (non-hydrogen) atoms. The van der Waals surface area contributed by atoms with E-state index in [9.17, 15) is 4.79 Å². The van der Waals surface area contributed by atoms with Crippen molar-refractivity contribution < 1.29 is 14.3 Å². The van der Waals surface area contributed by atoms with E-state index in [-0.39, 0.29) is 0 Å². The highest BCUT2D eigenvalue weighted by Crippen LogP contribution is 2.16. The summed E-state index contributed by atoms with van der Waals surface area (Å²) in [5, 5.41) is 0.704. The van der Waals surface area contributed by atoms with Gasteiger partial charge in [0.1, 0.15) is 18.4 Å². The molecule has 2 N–H and O–H groups in total. The molecule has 0 aliphatic heterocycles. The third-order valence-electron chi connectivity index (χ3n) is 3.20. The van der Waals surface area contributed by atoms with Crippen LogP contribution in [0.5, 0.6) is 5.75 Å². The molecule has 0 fully saturated rings. The van der Waals surface area contributed by atoms with E-state index >= 15 is 0 Å². The molecule has 0 aromatic heterocycles. The van der Waals surface area contributed by atoms with Crippen molar-refractivity contribution in [2.45, 2.75) is 19.1 Å². The van der Waals surface area contributed by atoms with Crippen molar-refractivity contribution in [1.29, 1.82) is 0 Å². The van der Waals surface area contributed by atoms with E-state index in [4.69, 9.17) is 22.1 Å². The highest BCUT2D eigenvalue weighted by atomic mass is 35.5. The fourth-order valence-electron chi connectivity index (χ4n) is 1.96. The van der Waals surface area contributed by atoms with E-state index < -0.39 is 12.0 Å². The number of hydrogen-bond acceptors (Lipinski definition) is 4. The van der Waals surface area contributed by atoms with Crippen molar-refractivity contribution in [3.63, 3.8) is 0 Å². The maximum atomic E-state index is 11.3. The molecule has 0 aliphatic rings. The Bertz CT molecular complexity index is 611. The fraction of sp³-hybridized carbons (Fsp3) is 0.235. The summed E-state index contributed by atoms with van der Waals surface area (Å²) < 4.78 is 10.3. The summed E-state index contributed by atoms with van der Waals surface area (Å²) in [4.78, 5) is 11.3. The van der Waals surface area contributed by atoms with Gasteiger partial charge < -0.3 is 15.2 Å². The van der Waals surface area contributed by atoms with Crippen LogP contribution >= 0.6 is 11.6 Å². The van der Waals surface area contributed by atoms with Crippen molar-refractivity contribution in [3.05, 3.63) is 64.7 Å². The Morgan fingerprint density at radius 2 is 1.68 bits per heavy atom. The molecule has 5 heteroatoms. The Balaban J connectivity index is 1.89. The molecule has 0 bridgehead atoms. The largest absolute Gasteiger partial charge is 0.489 e. The molecule has 2 aromatic rings. The lowest BCUT2D eigenvalue weighted by atomic mass is 10.1. The molecule has 4 nitrogen and oxygen atoms in total. The summed E-state index contributed by atoms with van der Waals surface area (Å²) in [6, 6.07) is 14.4. The molecule has 0 spiro atoms. The van der Waals surface area contributed by atoms with Crippen LogP contribution in [0.3, 0.4) is 0 Å². The Kier molecular flexibility index (Phi) is 5.81. The summed E-state index contributed by atoms with van der Waals surface area (Å²) in [5.74, 6) is 0.341. The minimum atomic E-state index is -0.647. The summed E-state index contributed by atoms with van der Waals surface area (Å²) in [7, 11) is 1.33. The Morgan fingerprint density at radius 3 is 2.27 bits per heavy atom. The first-order valence-electron chi connectivity index (χ1n) is 6.88. The minimum absolute atomic E-state index is 0.414. The van der Waals surface area contributed by atoms with E-state index in [1.54, 1.807) is 0 Å². The van der Waals surface area contributed by atoms with Gasteiger partial charge in [0.15, 0.2) is 0 Å². The number of benzene rings is 2.